The number of carbonyl (C=O) groups is 4. The van der Waals surface area contributed by atoms with Gasteiger partial charge >= 0.3 is 23.9 Å². The molecular weight excluding hydrogens is 1040 g/mol. The van der Waals surface area contributed by atoms with Crippen LogP contribution in [0.3, 0.4) is 0 Å². The Balaban J connectivity index is 0.983. The van der Waals surface area contributed by atoms with Crippen LogP contribution in [0.1, 0.15) is 35.8 Å². The van der Waals surface area contributed by atoms with Crippen LogP contribution in [0.25, 0.3) is 0 Å². The molecular formula is C52H64O26. The molecule has 4 heterocycles. The van der Waals surface area contributed by atoms with Crippen molar-refractivity contribution in [3.05, 3.63) is 83.3 Å². The lowest BCUT2D eigenvalue weighted by atomic mass is 9.52. The van der Waals surface area contributed by atoms with E-state index in [1.807, 2.05) is 0 Å². The number of aliphatic hydroxyl groups excluding tert-OH is 10. The maximum absolute atomic E-state index is 14.9. The van der Waals surface area contributed by atoms with Crippen molar-refractivity contribution in [2.24, 2.45) is 47.3 Å². The van der Waals surface area contributed by atoms with E-state index in [-0.39, 0.29) is 35.5 Å². The maximum atomic E-state index is 14.9. The van der Waals surface area contributed by atoms with Crippen LogP contribution < -0.4 is 0 Å². The first-order valence-corrected chi connectivity index (χ1v) is 25.4. The molecule has 0 radical (unpaired) electrons. The second kappa shape index (κ2) is 23.6. The topological polar surface area (TPSA) is 403 Å². The van der Waals surface area contributed by atoms with E-state index in [4.69, 9.17) is 47.4 Å². The van der Waals surface area contributed by atoms with Gasteiger partial charge in [0.05, 0.1) is 88.4 Å². The van der Waals surface area contributed by atoms with Crippen molar-refractivity contribution in [1.29, 1.82) is 0 Å². The van der Waals surface area contributed by atoms with Crippen molar-refractivity contribution in [1.82, 2.24) is 0 Å². The molecule has 9 rings (SSSR count). The average molecular weight is 1110 g/mol. The van der Waals surface area contributed by atoms with Crippen LogP contribution in [0.2, 0.25) is 0 Å². The molecule has 428 valence electrons. The molecule has 0 unspecified atom stereocenters. The Hall–Kier alpha value is -5.56. The zero-order valence-corrected chi connectivity index (χ0v) is 42.0. The van der Waals surface area contributed by atoms with E-state index in [1.54, 1.807) is 0 Å². The number of rotatable bonds is 16. The van der Waals surface area contributed by atoms with Gasteiger partial charge < -0.3 is 109 Å². The van der Waals surface area contributed by atoms with Gasteiger partial charge in [-0.25, -0.2) is 9.59 Å². The van der Waals surface area contributed by atoms with Gasteiger partial charge in [0.1, 0.15) is 60.3 Å². The molecule has 0 aromatic heterocycles. The number of carbonyl (C=O) groups excluding carboxylic acids is 4. The van der Waals surface area contributed by atoms with Gasteiger partial charge in [-0.1, -0.05) is 24.3 Å². The lowest BCUT2D eigenvalue weighted by Crippen LogP contribution is -2.60. The SMILES string of the molecule is COC(=O)C1=CO[C@@H](O[C@@H]2O[C@H](CO)[C@@H](O)[C@H](O)[C@H]2O)[C@H]2[C@@H](COC(=O)C3C(c4ccc(O)cc4)C(C(=O)OC[C@@H]4[C@@H]5[C@H](O[C@@H]6O[C@H](CO)[C@@H](O)[C@H](O)[C@H]6O)OC=C(C(=O)OC)[C@H]5C[C@@H]4O)C3c3ccc(O)cc3)[C@@H](O)C[C@H]12. The first kappa shape index (κ1) is 57.1. The lowest BCUT2D eigenvalue weighted by molar-refractivity contribution is -0.343. The van der Waals surface area contributed by atoms with Gasteiger partial charge in [0.2, 0.25) is 12.6 Å². The fourth-order valence-corrected chi connectivity index (χ4v) is 12.4. The summed E-state index contributed by atoms with van der Waals surface area (Å²) in [6.07, 6.45) is -20.6. The quantitative estimate of drug-likeness (QED) is 0.0588. The molecule has 2 aromatic carbocycles. The van der Waals surface area contributed by atoms with E-state index >= 15 is 0 Å². The molecule has 20 atom stereocenters. The molecule has 2 saturated heterocycles. The summed E-state index contributed by atoms with van der Waals surface area (Å²) in [6, 6.07) is 11.3. The summed E-state index contributed by atoms with van der Waals surface area (Å²) in [6.45, 7) is -2.65. The lowest BCUT2D eigenvalue weighted by Gasteiger charge is -2.50. The average Bonchev–Trinajstić information content (AvgIpc) is 4.07. The minimum Gasteiger partial charge on any atom is -0.508 e. The fraction of sp³-hybridized carbons (Fsp3) is 0.615. The molecule has 0 amide bonds. The van der Waals surface area contributed by atoms with Crippen LogP contribution in [-0.4, -0.2) is 212 Å². The highest BCUT2D eigenvalue weighted by Crippen LogP contribution is 2.59. The maximum Gasteiger partial charge on any atom is 0.337 e. The molecule has 26 nitrogen and oxygen atoms in total. The van der Waals surface area contributed by atoms with E-state index in [1.165, 1.54) is 48.5 Å². The van der Waals surface area contributed by atoms with Crippen molar-refractivity contribution >= 4 is 23.9 Å². The summed E-state index contributed by atoms with van der Waals surface area (Å²) in [5, 5.41) is 127. The van der Waals surface area contributed by atoms with E-state index in [0.29, 0.717) is 11.1 Å². The number of hydrogen-bond donors (Lipinski definition) is 12. The van der Waals surface area contributed by atoms with Crippen molar-refractivity contribution in [2.75, 3.05) is 40.6 Å². The molecule has 26 heteroatoms. The number of methoxy groups -OCH3 is 2. The Bertz CT molecular complexity index is 2340. The van der Waals surface area contributed by atoms with E-state index in [9.17, 15) is 80.5 Å². The number of ether oxygens (including phenoxy) is 10. The largest absolute Gasteiger partial charge is 0.508 e. The Morgan fingerprint density at radius 2 is 0.872 bits per heavy atom. The summed E-state index contributed by atoms with van der Waals surface area (Å²) in [5.74, 6) is -14.2. The van der Waals surface area contributed by atoms with Crippen LogP contribution in [0, 0.1) is 47.3 Å². The first-order valence-electron chi connectivity index (χ1n) is 25.4. The Kier molecular flexibility index (Phi) is 17.3. The van der Waals surface area contributed by atoms with E-state index in [0.717, 1.165) is 26.7 Å². The molecule has 0 spiro atoms. The molecule has 78 heavy (non-hydrogen) atoms. The Morgan fingerprint density at radius 3 is 1.21 bits per heavy atom. The van der Waals surface area contributed by atoms with Gasteiger partial charge in [-0.05, 0) is 48.2 Å². The smallest absolute Gasteiger partial charge is 0.337 e. The fourth-order valence-electron chi connectivity index (χ4n) is 12.4. The summed E-state index contributed by atoms with van der Waals surface area (Å²) >= 11 is 0. The van der Waals surface area contributed by atoms with E-state index < -0.39 is 196 Å². The summed E-state index contributed by atoms with van der Waals surface area (Å²) < 4.78 is 56.9. The predicted octanol–water partition coefficient (Wildman–Crippen LogP) is -3.02. The van der Waals surface area contributed by atoms with Crippen molar-refractivity contribution in [3.63, 3.8) is 0 Å². The zero-order chi connectivity index (χ0) is 56.0. The highest BCUT2D eigenvalue weighted by Gasteiger charge is 2.62. The summed E-state index contributed by atoms with van der Waals surface area (Å²) in [4.78, 5) is 55.8. The second-order valence-electron chi connectivity index (χ2n) is 20.7. The van der Waals surface area contributed by atoms with Gasteiger partial charge in [-0.15, -0.1) is 0 Å². The van der Waals surface area contributed by atoms with Gasteiger partial charge in [0.15, 0.2) is 12.6 Å². The third-order valence-electron chi connectivity index (χ3n) is 16.5. The highest BCUT2D eigenvalue weighted by molar-refractivity contribution is 5.89. The molecule has 2 aromatic rings. The Morgan fingerprint density at radius 1 is 0.513 bits per heavy atom. The number of aliphatic hydroxyl groups is 10. The van der Waals surface area contributed by atoms with Crippen LogP contribution in [0.4, 0.5) is 0 Å². The zero-order valence-electron chi connectivity index (χ0n) is 42.0. The van der Waals surface area contributed by atoms with Gasteiger partial charge in [-0.2, -0.15) is 0 Å². The number of benzene rings is 2. The third-order valence-corrected chi connectivity index (χ3v) is 16.5. The molecule has 3 aliphatic carbocycles. The highest BCUT2D eigenvalue weighted by atomic mass is 16.8. The molecule has 12 N–H and O–H groups in total. The second-order valence-corrected chi connectivity index (χ2v) is 20.7. The van der Waals surface area contributed by atoms with Gasteiger partial charge in [0, 0.05) is 47.3 Å². The van der Waals surface area contributed by atoms with Crippen molar-refractivity contribution in [3.8, 4) is 11.5 Å². The van der Waals surface area contributed by atoms with Crippen LogP contribution in [0.15, 0.2) is 72.2 Å². The summed E-state index contributed by atoms with van der Waals surface area (Å²) in [5.41, 5.74) is 0.740. The van der Waals surface area contributed by atoms with Crippen LogP contribution in [-0.2, 0) is 66.5 Å². The van der Waals surface area contributed by atoms with E-state index in [2.05, 4.69) is 0 Å². The predicted molar refractivity (Wildman–Crippen MR) is 252 cm³/mol. The standard InChI is InChI=1S/C52H64O26/c1-69-45(65)25-15-73-49(77-51-43(63)41(61)39(59)31(13-53)75-51)35-23(25)11-29(57)27(35)17-71-47(67)37-33(19-3-7-21(55)8-4-19)38(34(37)20-5-9-22(56)10-6-20)48(68)72-18-28-30(58)12-24-26(46(66)70-2)16-74-50(36(24)28)78-52-44(64)42(62)40(60)32(14-54)76-52/h3-10,15-16,23-24,27-44,49-64H,11-14,17-18H2,1-2H3/t23-,24-,27+,28+,29+,30+,31-,32-,33?,34?,35-,36-,37?,38?,39-,40-,41+,42+,43-,44-,49+,50+,51+,52+/m1/s1. The number of hydrogen-bond acceptors (Lipinski definition) is 26. The Labute approximate surface area is 444 Å². The normalized spacial score (nSPS) is 40.8. The molecule has 3 saturated carbocycles. The monoisotopic (exact) mass is 1100 g/mol. The first-order chi connectivity index (χ1) is 37.3. The number of aromatic hydroxyl groups is 2. The van der Waals surface area contributed by atoms with Gasteiger partial charge in [0.25, 0.3) is 0 Å². The van der Waals surface area contributed by atoms with Crippen molar-refractivity contribution in [2.45, 2.75) is 111 Å². The molecule has 4 aliphatic heterocycles. The van der Waals surface area contributed by atoms with Crippen LogP contribution >= 0.6 is 0 Å². The minimum atomic E-state index is -1.86. The van der Waals surface area contributed by atoms with Crippen molar-refractivity contribution < 1.29 is 128 Å². The van der Waals surface area contributed by atoms with Gasteiger partial charge in [-0.3, -0.25) is 9.59 Å². The number of phenolic OH excluding ortho intramolecular Hbond substituents is 2. The molecule has 7 aliphatic rings. The third kappa shape index (κ3) is 10.7. The summed E-state index contributed by atoms with van der Waals surface area (Å²) in [7, 11) is 2.27. The molecule has 5 fully saturated rings. The number of fused-ring (bicyclic) bond motifs is 2. The molecule has 0 bridgehead atoms. The van der Waals surface area contributed by atoms with Crippen LogP contribution in [0.5, 0.6) is 11.5 Å². The number of phenols is 2. The minimum absolute atomic E-state index is 0.00181. The number of esters is 4.